The number of allylic oxidation sites excluding steroid dienone is 1. The predicted molar refractivity (Wildman–Crippen MR) is 111 cm³/mol. The van der Waals surface area contributed by atoms with Crippen LogP contribution >= 0.6 is 22.6 Å². The molecule has 1 aliphatic rings. The molecule has 0 radical (unpaired) electrons. The van der Waals surface area contributed by atoms with E-state index in [0.717, 1.165) is 32.9 Å². The van der Waals surface area contributed by atoms with Crippen molar-refractivity contribution in [3.63, 3.8) is 0 Å². The number of hydrogen-bond donors (Lipinski definition) is 1. The van der Waals surface area contributed by atoms with Gasteiger partial charge in [-0.15, -0.1) is 0 Å². The highest BCUT2D eigenvalue weighted by Crippen LogP contribution is 2.34. The van der Waals surface area contributed by atoms with Gasteiger partial charge in [-0.2, -0.15) is 0 Å². The lowest BCUT2D eigenvalue weighted by atomic mass is 9.89. The van der Waals surface area contributed by atoms with Crippen LogP contribution in [-0.2, 0) is 6.42 Å². The number of halogens is 1. The number of rotatable bonds is 6. The third kappa shape index (κ3) is 4.51. The maximum atomic E-state index is 5.98. The molecule has 1 aliphatic carbocycles. The van der Waals surface area contributed by atoms with E-state index in [4.69, 9.17) is 4.74 Å². The van der Waals surface area contributed by atoms with E-state index in [1.807, 2.05) is 13.8 Å². The average Bonchev–Trinajstić information content (AvgIpc) is 2.57. The highest BCUT2D eigenvalue weighted by atomic mass is 127. The van der Waals surface area contributed by atoms with Crippen LogP contribution in [0, 0.1) is 9.49 Å². The molecule has 0 fully saturated rings. The molecule has 5 heteroatoms. The summed E-state index contributed by atoms with van der Waals surface area (Å²) in [7, 11) is 0. The minimum absolute atomic E-state index is 0.120. The lowest BCUT2D eigenvalue weighted by Crippen LogP contribution is -2.13. The first kappa shape index (κ1) is 18.2. The molecule has 1 heterocycles. The van der Waals surface area contributed by atoms with E-state index in [-0.39, 0.29) is 6.10 Å². The Balaban J connectivity index is 1.91. The minimum atomic E-state index is 0.120. The molecular formula is C20H24IN3O. The number of nitrogens with zero attached hydrogens (tertiary/aromatic N) is 2. The van der Waals surface area contributed by atoms with E-state index in [0.29, 0.717) is 5.92 Å². The number of anilines is 2. The van der Waals surface area contributed by atoms with Crippen molar-refractivity contribution in [1.29, 1.82) is 0 Å². The predicted octanol–water partition coefficient (Wildman–Crippen LogP) is 5.60. The van der Waals surface area contributed by atoms with Crippen molar-refractivity contribution in [2.24, 2.45) is 5.92 Å². The number of hydrogen-bond acceptors (Lipinski definition) is 4. The summed E-state index contributed by atoms with van der Waals surface area (Å²) in [6, 6.07) is 6.18. The SMILES string of the molecule is CCCC1C=Cc2ncnc(Nc3ccc(I)cc3OC(C)C)c2C1. The van der Waals surface area contributed by atoms with Crippen molar-refractivity contribution in [2.45, 2.75) is 46.1 Å². The van der Waals surface area contributed by atoms with Gasteiger partial charge in [0.2, 0.25) is 0 Å². The summed E-state index contributed by atoms with van der Waals surface area (Å²) >= 11 is 2.30. The molecule has 0 saturated heterocycles. The zero-order valence-electron chi connectivity index (χ0n) is 14.9. The molecule has 0 spiro atoms. The second-order valence-electron chi connectivity index (χ2n) is 6.63. The maximum Gasteiger partial charge on any atom is 0.144 e. The summed E-state index contributed by atoms with van der Waals surface area (Å²) in [5, 5.41) is 3.48. The lowest BCUT2D eigenvalue weighted by molar-refractivity contribution is 0.243. The molecule has 132 valence electrons. The molecule has 0 saturated carbocycles. The van der Waals surface area contributed by atoms with Crippen LogP contribution in [0.4, 0.5) is 11.5 Å². The number of fused-ring (bicyclic) bond motifs is 1. The van der Waals surface area contributed by atoms with E-state index in [1.54, 1.807) is 6.33 Å². The van der Waals surface area contributed by atoms with Gasteiger partial charge in [-0.3, -0.25) is 0 Å². The van der Waals surface area contributed by atoms with Crippen LogP contribution < -0.4 is 10.1 Å². The molecular weight excluding hydrogens is 425 g/mol. The molecule has 2 aromatic rings. The van der Waals surface area contributed by atoms with Crippen molar-refractivity contribution < 1.29 is 4.74 Å². The molecule has 0 bridgehead atoms. The van der Waals surface area contributed by atoms with Crippen molar-refractivity contribution in [2.75, 3.05) is 5.32 Å². The van der Waals surface area contributed by atoms with E-state index in [1.165, 1.54) is 18.4 Å². The van der Waals surface area contributed by atoms with Crippen LogP contribution in [0.5, 0.6) is 5.75 Å². The Morgan fingerprint density at radius 3 is 2.92 bits per heavy atom. The van der Waals surface area contributed by atoms with Crippen LogP contribution in [0.1, 0.15) is 44.9 Å². The molecule has 1 atom stereocenters. The minimum Gasteiger partial charge on any atom is -0.489 e. The normalized spacial score (nSPS) is 16.0. The number of benzene rings is 1. The fourth-order valence-corrected chi connectivity index (χ4v) is 3.55. The van der Waals surface area contributed by atoms with Gasteiger partial charge in [0.05, 0.1) is 17.5 Å². The summed E-state index contributed by atoms with van der Waals surface area (Å²) in [4.78, 5) is 8.94. The molecule has 3 rings (SSSR count). The highest BCUT2D eigenvalue weighted by molar-refractivity contribution is 14.1. The molecule has 0 aliphatic heterocycles. The highest BCUT2D eigenvalue weighted by Gasteiger charge is 2.19. The van der Waals surface area contributed by atoms with Gasteiger partial charge in [0.15, 0.2) is 0 Å². The van der Waals surface area contributed by atoms with E-state index in [2.05, 4.69) is 75.2 Å². The van der Waals surface area contributed by atoms with E-state index < -0.39 is 0 Å². The van der Waals surface area contributed by atoms with Gasteiger partial charge in [-0.05, 0) is 79.5 Å². The molecule has 25 heavy (non-hydrogen) atoms. The van der Waals surface area contributed by atoms with E-state index in [9.17, 15) is 0 Å². The molecule has 1 aromatic heterocycles. The van der Waals surface area contributed by atoms with Gasteiger partial charge in [0, 0.05) is 9.13 Å². The number of aromatic nitrogens is 2. The van der Waals surface area contributed by atoms with Crippen molar-refractivity contribution in [3.05, 3.63) is 45.4 Å². The Kier molecular flexibility index (Phi) is 5.93. The number of ether oxygens (including phenoxy) is 1. The first-order valence-electron chi connectivity index (χ1n) is 8.82. The third-order valence-electron chi connectivity index (χ3n) is 4.19. The Hall–Kier alpha value is -1.63. The summed E-state index contributed by atoms with van der Waals surface area (Å²) < 4.78 is 7.13. The van der Waals surface area contributed by atoms with E-state index >= 15 is 0 Å². The van der Waals surface area contributed by atoms with Gasteiger partial charge in [0.1, 0.15) is 17.9 Å². The second kappa shape index (κ2) is 8.17. The summed E-state index contributed by atoms with van der Waals surface area (Å²) in [5.74, 6) is 2.29. The van der Waals surface area contributed by atoms with Gasteiger partial charge in [-0.25, -0.2) is 9.97 Å². The largest absolute Gasteiger partial charge is 0.489 e. The summed E-state index contributed by atoms with van der Waals surface area (Å²) in [6.45, 7) is 6.30. The summed E-state index contributed by atoms with van der Waals surface area (Å²) in [6.07, 6.45) is 9.51. The third-order valence-corrected chi connectivity index (χ3v) is 4.86. The maximum absolute atomic E-state index is 5.98. The van der Waals surface area contributed by atoms with Crippen LogP contribution in [0.3, 0.4) is 0 Å². The standard InChI is InChI=1S/C20H24IN3O/c1-4-5-14-6-8-17-16(10-14)20(23-12-22-17)24-18-9-7-15(21)11-19(18)25-13(2)3/h6-9,11-14H,4-5,10H2,1-3H3,(H,22,23,24). The monoisotopic (exact) mass is 449 g/mol. The fraction of sp³-hybridized carbons (Fsp3) is 0.400. The van der Waals surface area contributed by atoms with Crippen LogP contribution in [0.2, 0.25) is 0 Å². The van der Waals surface area contributed by atoms with Crippen molar-refractivity contribution >= 4 is 40.2 Å². The molecule has 1 aromatic carbocycles. The Morgan fingerprint density at radius 1 is 1.32 bits per heavy atom. The van der Waals surface area contributed by atoms with Crippen molar-refractivity contribution in [3.8, 4) is 5.75 Å². The summed E-state index contributed by atoms with van der Waals surface area (Å²) in [5.41, 5.74) is 3.15. The number of nitrogens with one attached hydrogen (secondary N) is 1. The van der Waals surface area contributed by atoms with Gasteiger partial charge in [0.25, 0.3) is 0 Å². The first-order valence-corrected chi connectivity index (χ1v) is 9.90. The topological polar surface area (TPSA) is 47.0 Å². The van der Waals surface area contributed by atoms with Crippen molar-refractivity contribution in [1.82, 2.24) is 9.97 Å². The first-order chi connectivity index (χ1) is 12.1. The smallest absolute Gasteiger partial charge is 0.144 e. The Labute approximate surface area is 163 Å². The quantitative estimate of drug-likeness (QED) is 0.584. The van der Waals surface area contributed by atoms with Crippen LogP contribution in [-0.4, -0.2) is 16.1 Å². The zero-order chi connectivity index (χ0) is 17.8. The fourth-order valence-electron chi connectivity index (χ4n) is 3.08. The Bertz CT molecular complexity index is 774. The lowest BCUT2D eigenvalue weighted by Gasteiger charge is -2.22. The van der Waals surface area contributed by atoms with Gasteiger partial charge in [-0.1, -0.05) is 19.4 Å². The Morgan fingerprint density at radius 2 is 2.16 bits per heavy atom. The van der Waals surface area contributed by atoms with Crippen LogP contribution in [0.15, 0.2) is 30.6 Å². The second-order valence-corrected chi connectivity index (χ2v) is 7.88. The molecule has 4 nitrogen and oxygen atoms in total. The molecule has 1 unspecified atom stereocenters. The molecule has 0 amide bonds. The zero-order valence-corrected chi connectivity index (χ0v) is 17.1. The molecule has 1 N–H and O–H groups in total. The van der Waals surface area contributed by atoms with Crippen LogP contribution in [0.25, 0.3) is 6.08 Å². The van der Waals surface area contributed by atoms with Gasteiger partial charge < -0.3 is 10.1 Å². The average molecular weight is 449 g/mol. The van der Waals surface area contributed by atoms with Gasteiger partial charge >= 0.3 is 0 Å².